The van der Waals surface area contributed by atoms with E-state index in [1.807, 2.05) is 74.5 Å². The molecule has 0 aliphatic heterocycles. The van der Waals surface area contributed by atoms with Crippen molar-refractivity contribution >= 4 is 33.9 Å². The Morgan fingerprint density at radius 1 is 0.825 bits per heavy atom. The lowest BCUT2D eigenvalue weighted by atomic mass is 9.96. The quantitative estimate of drug-likeness (QED) is 0.172. The van der Waals surface area contributed by atoms with Crippen LogP contribution < -0.4 is 4.31 Å². The number of aliphatic carboxylic acids is 1. The van der Waals surface area contributed by atoms with Crippen molar-refractivity contribution in [1.82, 2.24) is 0 Å². The highest BCUT2D eigenvalue weighted by atomic mass is 32.2. The van der Waals surface area contributed by atoms with Gasteiger partial charge in [-0.2, -0.15) is 0 Å². The normalized spacial score (nSPS) is 12.9. The van der Waals surface area contributed by atoms with Gasteiger partial charge in [-0.05, 0) is 52.8 Å². The van der Waals surface area contributed by atoms with E-state index in [2.05, 4.69) is 30.3 Å². The van der Waals surface area contributed by atoms with Crippen molar-refractivity contribution in [3.63, 3.8) is 0 Å². The van der Waals surface area contributed by atoms with Gasteiger partial charge >= 0.3 is 5.97 Å². The van der Waals surface area contributed by atoms with Gasteiger partial charge in [-0.1, -0.05) is 98.8 Å². The van der Waals surface area contributed by atoms with E-state index in [0.717, 1.165) is 43.3 Å². The Morgan fingerprint density at radius 2 is 1.40 bits per heavy atom. The van der Waals surface area contributed by atoms with E-state index in [9.17, 15) is 18.7 Å². The monoisotopic (exact) mass is 553 g/mol. The lowest BCUT2D eigenvalue weighted by Crippen LogP contribution is -2.43. The van der Waals surface area contributed by atoms with E-state index in [1.165, 1.54) is 5.56 Å². The second-order valence-corrected chi connectivity index (χ2v) is 11.1. The second-order valence-electron chi connectivity index (χ2n) is 10.2. The van der Waals surface area contributed by atoms with Crippen molar-refractivity contribution in [3.8, 4) is 22.3 Å². The van der Waals surface area contributed by atoms with E-state index < -0.39 is 23.3 Å². The number of carboxylic acid groups (broad SMARTS) is 1. The first-order valence-electron chi connectivity index (χ1n) is 13.2. The number of rotatable bonds is 10. The van der Waals surface area contributed by atoms with Crippen LogP contribution in [0.2, 0.25) is 0 Å². The molecule has 2 atom stereocenters. The summed E-state index contributed by atoms with van der Waals surface area (Å²) in [4.78, 5) is 11.9. The fourth-order valence-corrected chi connectivity index (χ4v) is 5.77. The molecule has 40 heavy (non-hydrogen) atoms. The van der Waals surface area contributed by atoms with Gasteiger partial charge in [-0.25, -0.2) is 9.00 Å². The predicted molar refractivity (Wildman–Crippen MR) is 160 cm³/mol. The third-order valence-corrected chi connectivity index (χ3v) is 7.74. The van der Waals surface area contributed by atoms with Gasteiger partial charge in [0.2, 0.25) is 0 Å². The highest BCUT2D eigenvalue weighted by molar-refractivity contribution is 7.80. The minimum atomic E-state index is -2.48. The molecule has 6 nitrogen and oxygen atoms in total. The first-order chi connectivity index (χ1) is 19.3. The van der Waals surface area contributed by atoms with E-state index in [-0.39, 0.29) is 12.3 Å². The molecule has 0 saturated heterocycles. The van der Waals surface area contributed by atoms with Gasteiger partial charge in [-0.15, -0.1) is 0 Å². The molecule has 5 rings (SSSR count). The van der Waals surface area contributed by atoms with Crippen LogP contribution >= 0.6 is 0 Å². The number of carboxylic acids is 1. The summed E-state index contributed by atoms with van der Waals surface area (Å²) in [5.74, 6) is -0.171. The maximum atomic E-state index is 12.1. The molecular formula is C33H31NO5S. The molecule has 5 aromatic rings. The van der Waals surface area contributed by atoms with Crippen LogP contribution in [0.3, 0.4) is 0 Å². The topological polar surface area (TPSA) is 91.0 Å². The fraction of sp³-hybridized carbons (Fsp3) is 0.182. The molecule has 0 bridgehead atoms. The van der Waals surface area contributed by atoms with Crippen LogP contribution in [0, 0.1) is 5.92 Å². The first kappa shape index (κ1) is 27.4. The van der Waals surface area contributed by atoms with Crippen molar-refractivity contribution in [2.24, 2.45) is 5.92 Å². The number of para-hydroxylation sites is 1. The summed E-state index contributed by atoms with van der Waals surface area (Å²) in [5.41, 5.74) is 6.42. The Morgan fingerprint density at radius 3 is 2.00 bits per heavy atom. The highest BCUT2D eigenvalue weighted by Gasteiger charge is 2.30. The minimum Gasteiger partial charge on any atom is -0.480 e. The Hall–Kier alpha value is -4.20. The van der Waals surface area contributed by atoms with Crippen LogP contribution in [0.5, 0.6) is 0 Å². The standard InChI is InChI=1S/C33H31NO5S/c1-22(2)20-29(33(35)36)34(40(37)38)27-18-16-25(17-19-27)24-12-14-26(15-13-24)32-28-10-6-7-11-30(28)39-31(32)21-23-8-4-3-5-9-23/h3-19,22,29H,20-21H2,1-2H3,(H,35,36)(H,37,38). The molecule has 0 aliphatic carbocycles. The van der Waals surface area contributed by atoms with Crippen molar-refractivity contribution in [2.45, 2.75) is 32.7 Å². The van der Waals surface area contributed by atoms with Gasteiger partial charge < -0.3 is 9.52 Å². The van der Waals surface area contributed by atoms with Gasteiger partial charge in [-0.3, -0.25) is 8.86 Å². The number of nitrogens with zero attached hydrogens (tertiary/aromatic N) is 1. The number of carbonyl (C=O) groups is 1. The van der Waals surface area contributed by atoms with E-state index in [4.69, 9.17) is 4.42 Å². The molecule has 0 aliphatic rings. The van der Waals surface area contributed by atoms with Crippen LogP contribution in [0.4, 0.5) is 5.69 Å². The Labute approximate surface area is 236 Å². The average Bonchev–Trinajstić information content (AvgIpc) is 3.31. The summed E-state index contributed by atoms with van der Waals surface area (Å²) < 4.78 is 29.4. The fourth-order valence-electron chi connectivity index (χ4n) is 5.07. The van der Waals surface area contributed by atoms with Gasteiger partial charge in [0, 0.05) is 17.4 Å². The van der Waals surface area contributed by atoms with Crippen molar-refractivity contribution in [2.75, 3.05) is 4.31 Å². The summed E-state index contributed by atoms with van der Waals surface area (Å²) in [7, 11) is 0. The third kappa shape index (κ3) is 5.86. The van der Waals surface area contributed by atoms with Gasteiger partial charge in [0.1, 0.15) is 17.4 Å². The Bertz CT molecular complexity index is 1630. The lowest BCUT2D eigenvalue weighted by Gasteiger charge is -2.28. The van der Waals surface area contributed by atoms with Crippen LogP contribution in [-0.2, 0) is 22.5 Å². The van der Waals surface area contributed by atoms with Gasteiger partial charge in [0.05, 0.1) is 5.69 Å². The molecule has 1 aromatic heterocycles. The molecule has 7 heteroatoms. The zero-order valence-electron chi connectivity index (χ0n) is 22.4. The Balaban J connectivity index is 1.44. The molecule has 204 valence electrons. The minimum absolute atomic E-state index is 0.0468. The molecule has 0 amide bonds. The maximum Gasteiger partial charge on any atom is 0.327 e. The molecule has 0 saturated carbocycles. The molecule has 2 N–H and O–H groups in total. The molecule has 2 unspecified atom stereocenters. The zero-order valence-corrected chi connectivity index (χ0v) is 23.2. The van der Waals surface area contributed by atoms with Crippen LogP contribution in [0.1, 0.15) is 31.6 Å². The zero-order chi connectivity index (χ0) is 28.2. The predicted octanol–water partition coefficient (Wildman–Crippen LogP) is 7.80. The number of hydrogen-bond acceptors (Lipinski definition) is 3. The average molecular weight is 554 g/mol. The third-order valence-electron chi connectivity index (χ3n) is 6.94. The van der Waals surface area contributed by atoms with Crippen molar-refractivity contribution in [3.05, 3.63) is 114 Å². The molecule has 0 fully saturated rings. The lowest BCUT2D eigenvalue weighted by molar-refractivity contribution is -0.138. The number of furan rings is 1. The summed E-state index contributed by atoms with van der Waals surface area (Å²) in [6, 6.07) is 32.5. The SMILES string of the molecule is CC(C)CC(C(=O)O)N(c1ccc(-c2ccc(-c3c(Cc4ccccc4)oc4ccccc34)cc2)cc1)S(=O)O. The second kappa shape index (κ2) is 11.9. The number of fused-ring (bicyclic) bond motifs is 1. The van der Waals surface area contributed by atoms with E-state index in [0.29, 0.717) is 12.1 Å². The van der Waals surface area contributed by atoms with Gasteiger partial charge in [0.15, 0.2) is 0 Å². The largest absolute Gasteiger partial charge is 0.480 e. The van der Waals surface area contributed by atoms with Gasteiger partial charge in [0.25, 0.3) is 11.3 Å². The van der Waals surface area contributed by atoms with Crippen LogP contribution in [-0.4, -0.2) is 25.9 Å². The smallest absolute Gasteiger partial charge is 0.327 e. The number of hydrogen-bond donors (Lipinski definition) is 2. The molecule has 0 spiro atoms. The summed E-state index contributed by atoms with van der Waals surface area (Å²) in [5, 5.41) is 10.8. The van der Waals surface area contributed by atoms with Crippen molar-refractivity contribution < 1.29 is 23.1 Å². The first-order valence-corrected chi connectivity index (χ1v) is 14.3. The number of anilines is 1. The maximum absolute atomic E-state index is 12.1. The highest BCUT2D eigenvalue weighted by Crippen LogP contribution is 2.37. The molecular weight excluding hydrogens is 522 g/mol. The van der Waals surface area contributed by atoms with Crippen LogP contribution in [0.15, 0.2) is 108 Å². The molecule has 0 radical (unpaired) electrons. The number of benzene rings is 4. The van der Waals surface area contributed by atoms with E-state index in [1.54, 1.807) is 12.1 Å². The van der Waals surface area contributed by atoms with Crippen LogP contribution in [0.25, 0.3) is 33.2 Å². The van der Waals surface area contributed by atoms with E-state index >= 15 is 0 Å². The molecule has 1 heterocycles. The van der Waals surface area contributed by atoms with Crippen molar-refractivity contribution in [1.29, 1.82) is 0 Å². The summed E-state index contributed by atoms with van der Waals surface area (Å²) >= 11 is -2.48. The summed E-state index contributed by atoms with van der Waals surface area (Å²) in [6.07, 6.45) is 0.935. The molecule has 4 aromatic carbocycles. The summed E-state index contributed by atoms with van der Waals surface area (Å²) in [6.45, 7) is 3.77. The Kier molecular flexibility index (Phi) is 8.14.